The number of nitriles is 1. The summed E-state index contributed by atoms with van der Waals surface area (Å²) in [6, 6.07) is 9.12. The summed E-state index contributed by atoms with van der Waals surface area (Å²) >= 11 is 6.45. The van der Waals surface area contributed by atoms with Gasteiger partial charge in [0, 0.05) is 11.3 Å². The van der Waals surface area contributed by atoms with Crippen LogP contribution in [-0.4, -0.2) is 35.6 Å². The third-order valence-corrected chi connectivity index (χ3v) is 7.44. The van der Waals surface area contributed by atoms with E-state index in [2.05, 4.69) is 17.3 Å². The highest BCUT2D eigenvalue weighted by Crippen LogP contribution is 2.31. The van der Waals surface area contributed by atoms with Crippen molar-refractivity contribution in [3.63, 3.8) is 0 Å². The Morgan fingerprint density at radius 1 is 1.39 bits per heavy atom. The first-order valence-corrected chi connectivity index (χ1v) is 12.4. The van der Waals surface area contributed by atoms with Gasteiger partial charge in [-0.25, -0.2) is 13.1 Å². The van der Waals surface area contributed by atoms with E-state index in [0.29, 0.717) is 23.4 Å². The van der Waals surface area contributed by atoms with Gasteiger partial charge in [0.05, 0.1) is 23.2 Å². The number of aromatic nitrogens is 2. The van der Waals surface area contributed by atoms with E-state index in [1.807, 2.05) is 30.3 Å². The van der Waals surface area contributed by atoms with Gasteiger partial charge in [0.1, 0.15) is 16.8 Å². The summed E-state index contributed by atoms with van der Waals surface area (Å²) in [6.07, 6.45) is 5.04. The molecule has 0 saturated carbocycles. The van der Waals surface area contributed by atoms with E-state index < -0.39 is 15.7 Å². The Labute approximate surface area is 187 Å². The second-order valence-corrected chi connectivity index (χ2v) is 10.3. The molecule has 9 heteroatoms. The number of carbonyl (C=O) groups is 1. The largest absolute Gasteiger partial charge is 0.321 e. The van der Waals surface area contributed by atoms with Crippen molar-refractivity contribution >= 4 is 39.1 Å². The van der Waals surface area contributed by atoms with Gasteiger partial charge in [-0.2, -0.15) is 10.4 Å². The van der Waals surface area contributed by atoms with E-state index in [0.717, 1.165) is 19.3 Å². The van der Waals surface area contributed by atoms with Crippen molar-refractivity contribution in [2.45, 2.75) is 45.6 Å². The number of nitrogens with zero attached hydrogens (tertiary/aromatic N) is 3. The average molecular weight is 461 g/mol. The highest BCUT2D eigenvalue weighted by Gasteiger charge is 2.32. The lowest BCUT2D eigenvalue weighted by molar-refractivity contribution is -0.112. The molecule has 1 N–H and O–H groups in total. The molecule has 31 heavy (non-hydrogen) atoms. The van der Waals surface area contributed by atoms with Gasteiger partial charge in [-0.1, -0.05) is 37.1 Å². The van der Waals surface area contributed by atoms with Gasteiger partial charge >= 0.3 is 0 Å². The lowest BCUT2D eigenvalue weighted by atomic mass is 10.1. The van der Waals surface area contributed by atoms with Crippen molar-refractivity contribution in [2.24, 2.45) is 0 Å². The molecule has 1 amide bonds. The first-order chi connectivity index (χ1) is 14.7. The van der Waals surface area contributed by atoms with Gasteiger partial charge in [0.2, 0.25) is 0 Å². The summed E-state index contributed by atoms with van der Waals surface area (Å²) in [7, 11) is -3.10. The average Bonchev–Trinajstić information content (AvgIpc) is 3.23. The van der Waals surface area contributed by atoms with Gasteiger partial charge in [0.15, 0.2) is 9.84 Å². The highest BCUT2D eigenvalue weighted by molar-refractivity contribution is 7.91. The fourth-order valence-electron chi connectivity index (χ4n) is 3.53. The third kappa shape index (κ3) is 5.54. The van der Waals surface area contributed by atoms with E-state index in [-0.39, 0.29) is 28.3 Å². The predicted molar refractivity (Wildman–Crippen MR) is 122 cm³/mol. The number of aryl methyl sites for hydroxylation is 2. The molecule has 1 aliphatic heterocycles. The SMILES string of the molecule is CCCCc1ccc(NC(=O)C(C#N)=Cc2c(C)nn(C3CCS(=O)(=O)C3)c2Cl)cc1. The van der Waals surface area contributed by atoms with E-state index in [1.54, 1.807) is 6.92 Å². The maximum atomic E-state index is 12.6. The maximum absolute atomic E-state index is 12.6. The fourth-order valence-corrected chi connectivity index (χ4v) is 5.59. The van der Waals surface area contributed by atoms with E-state index in [9.17, 15) is 18.5 Å². The van der Waals surface area contributed by atoms with Crippen molar-refractivity contribution in [1.82, 2.24) is 9.78 Å². The molecule has 1 saturated heterocycles. The van der Waals surface area contributed by atoms with E-state index >= 15 is 0 Å². The number of nitrogens with one attached hydrogen (secondary N) is 1. The number of hydrogen-bond acceptors (Lipinski definition) is 5. The molecule has 164 valence electrons. The Bertz CT molecular complexity index is 1140. The monoisotopic (exact) mass is 460 g/mol. The van der Waals surface area contributed by atoms with Gasteiger partial charge in [-0.3, -0.25) is 4.79 Å². The second kappa shape index (κ2) is 9.67. The van der Waals surface area contributed by atoms with Gasteiger partial charge in [0.25, 0.3) is 5.91 Å². The van der Waals surface area contributed by atoms with Gasteiger partial charge in [-0.15, -0.1) is 0 Å². The Morgan fingerprint density at radius 3 is 2.68 bits per heavy atom. The molecule has 1 aliphatic rings. The van der Waals surface area contributed by atoms with Crippen LogP contribution < -0.4 is 5.32 Å². The summed E-state index contributed by atoms with van der Waals surface area (Å²) in [6.45, 7) is 3.84. The van der Waals surface area contributed by atoms with Crippen molar-refractivity contribution in [2.75, 3.05) is 16.8 Å². The molecule has 1 atom stereocenters. The zero-order valence-electron chi connectivity index (χ0n) is 17.6. The summed E-state index contributed by atoms with van der Waals surface area (Å²) in [5.41, 5.74) is 2.64. The molecule has 1 aromatic carbocycles. The quantitative estimate of drug-likeness (QED) is 0.494. The minimum Gasteiger partial charge on any atom is -0.321 e. The Morgan fingerprint density at radius 2 is 2.10 bits per heavy atom. The summed E-state index contributed by atoms with van der Waals surface area (Å²) in [4.78, 5) is 12.6. The molecule has 1 unspecified atom stereocenters. The second-order valence-electron chi connectivity index (χ2n) is 7.72. The first-order valence-electron chi connectivity index (χ1n) is 10.2. The van der Waals surface area contributed by atoms with Crippen LogP contribution in [0.25, 0.3) is 6.08 Å². The number of sulfone groups is 1. The molecule has 1 fully saturated rings. The predicted octanol–water partition coefficient (Wildman–Crippen LogP) is 4.09. The summed E-state index contributed by atoms with van der Waals surface area (Å²) in [5, 5.41) is 16.8. The van der Waals surface area contributed by atoms with E-state index in [1.165, 1.54) is 16.3 Å². The number of halogens is 1. The van der Waals surface area contributed by atoms with Crippen LogP contribution in [0.4, 0.5) is 5.69 Å². The smallest absolute Gasteiger partial charge is 0.266 e. The zero-order chi connectivity index (χ0) is 22.6. The standard InChI is InChI=1S/C22H25ClN4O3S/c1-3-4-5-16-6-8-18(9-7-16)25-22(28)17(13-24)12-20-15(2)26-27(21(20)23)19-10-11-31(29,30)14-19/h6-9,12,19H,3-5,10-11,14H2,1-2H3,(H,25,28). The Hall–Kier alpha value is -2.63. The van der Waals surface area contributed by atoms with Crippen LogP contribution in [0.2, 0.25) is 5.15 Å². The number of unbranched alkanes of at least 4 members (excludes halogenated alkanes) is 1. The molecule has 1 aromatic heterocycles. The number of amides is 1. The Kier molecular flexibility index (Phi) is 7.19. The van der Waals surface area contributed by atoms with Crippen LogP contribution in [0.1, 0.15) is 49.0 Å². The minimum absolute atomic E-state index is 0.0170. The minimum atomic E-state index is -3.10. The van der Waals surface area contributed by atoms with Crippen LogP contribution in [-0.2, 0) is 21.1 Å². The summed E-state index contributed by atoms with van der Waals surface area (Å²) in [5.74, 6) is -0.465. The molecular weight excluding hydrogens is 436 g/mol. The fraction of sp³-hybridized carbons (Fsp3) is 0.409. The van der Waals surface area contributed by atoms with Crippen LogP contribution in [0, 0.1) is 18.3 Å². The van der Waals surface area contributed by atoms with E-state index in [4.69, 9.17) is 11.6 Å². The zero-order valence-corrected chi connectivity index (χ0v) is 19.1. The van der Waals surface area contributed by atoms with Crippen molar-refractivity contribution in [3.05, 3.63) is 51.8 Å². The van der Waals surface area contributed by atoms with Crippen LogP contribution in [0.15, 0.2) is 29.8 Å². The molecule has 0 spiro atoms. The Balaban J connectivity index is 1.78. The molecule has 0 radical (unpaired) electrons. The van der Waals surface area contributed by atoms with Crippen molar-refractivity contribution in [1.29, 1.82) is 5.26 Å². The number of benzene rings is 1. The number of anilines is 1. The third-order valence-electron chi connectivity index (χ3n) is 5.31. The highest BCUT2D eigenvalue weighted by atomic mass is 35.5. The van der Waals surface area contributed by atoms with Crippen LogP contribution >= 0.6 is 11.6 Å². The normalized spacial score (nSPS) is 18.0. The topological polar surface area (TPSA) is 105 Å². The maximum Gasteiger partial charge on any atom is 0.266 e. The van der Waals surface area contributed by atoms with Crippen LogP contribution in [0.3, 0.4) is 0 Å². The molecule has 3 rings (SSSR count). The molecule has 2 aromatic rings. The first kappa shape index (κ1) is 23.0. The molecule has 7 nitrogen and oxygen atoms in total. The van der Waals surface area contributed by atoms with Gasteiger partial charge < -0.3 is 5.32 Å². The number of carbonyl (C=O) groups excluding carboxylic acids is 1. The summed E-state index contributed by atoms with van der Waals surface area (Å²) < 4.78 is 25.1. The van der Waals surface area contributed by atoms with Crippen LogP contribution in [0.5, 0.6) is 0 Å². The lowest BCUT2D eigenvalue weighted by Gasteiger charge is -2.09. The van der Waals surface area contributed by atoms with Gasteiger partial charge in [-0.05, 0) is 50.0 Å². The lowest BCUT2D eigenvalue weighted by Crippen LogP contribution is -2.13. The molecular formula is C22H25ClN4O3S. The number of rotatable bonds is 7. The van der Waals surface area contributed by atoms with Crippen molar-refractivity contribution < 1.29 is 13.2 Å². The molecule has 0 bridgehead atoms. The number of hydrogen-bond donors (Lipinski definition) is 1. The van der Waals surface area contributed by atoms with Crippen molar-refractivity contribution in [3.8, 4) is 6.07 Å². The molecule has 2 heterocycles. The molecule has 0 aliphatic carbocycles.